The van der Waals surface area contributed by atoms with E-state index in [1.165, 1.54) is 6.07 Å². The molecule has 0 spiro atoms. The van der Waals surface area contributed by atoms with Crippen molar-refractivity contribution in [2.45, 2.75) is 0 Å². The normalized spacial score (nSPS) is 11.6. The average Bonchev–Trinajstić information content (AvgIpc) is 2.44. The van der Waals surface area contributed by atoms with Gasteiger partial charge in [-0.25, -0.2) is 9.37 Å². The number of hydrogen-bond acceptors (Lipinski definition) is 1. The lowest BCUT2D eigenvalue weighted by Gasteiger charge is -2.04. The maximum atomic E-state index is 14.0. The summed E-state index contributed by atoms with van der Waals surface area (Å²) in [5.41, 5.74) is 1.55. The molecule has 0 aliphatic rings. The Bertz CT molecular complexity index is 759. The van der Waals surface area contributed by atoms with Crippen LogP contribution in [0.4, 0.5) is 4.39 Å². The van der Waals surface area contributed by atoms with Gasteiger partial charge in [0.1, 0.15) is 5.52 Å². The second-order valence-electron chi connectivity index (χ2n) is 3.91. The predicted molar refractivity (Wildman–Crippen MR) is 72.1 cm³/mol. The van der Waals surface area contributed by atoms with Gasteiger partial charge in [-0.05, 0) is 12.1 Å². The lowest BCUT2D eigenvalue weighted by Crippen LogP contribution is -1.89. The summed E-state index contributed by atoms with van der Waals surface area (Å²) in [5, 5.41) is 0.478. The van der Waals surface area contributed by atoms with Gasteiger partial charge in [0.05, 0.1) is 12.1 Å². The van der Waals surface area contributed by atoms with Gasteiger partial charge >= 0.3 is 0 Å². The molecule has 0 saturated carbocycles. The SMILES string of the molecule is [2H]c1cc(-c2ccccc2)nc2c(F)c(Cl)ccc12. The van der Waals surface area contributed by atoms with E-state index < -0.39 is 5.82 Å². The van der Waals surface area contributed by atoms with Crippen LogP contribution in [0.25, 0.3) is 22.2 Å². The molecule has 3 rings (SSSR count). The molecule has 0 aliphatic carbocycles. The van der Waals surface area contributed by atoms with Crippen molar-refractivity contribution in [3.05, 3.63) is 65.4 Å². The fraction of sp³-hybridized carbons (Fsp3) is 0. The van der Waals surface area contributed by atoms with Crippen LogP contribution in [-0.2, 0) is 0 Å². The van der Waals surface area contributed by atoms with Gasteiger partial charge in [0.15, 0.2) is 5.82 Å². The van der Waals surface area contributed by atoms with Crippen molar-refractivity contribution < 1.29 is 5.76 Å². The lowest BCUT2D eigenvalue weighted by molar-refractivity contribution is 0.637. The van der Waals surface area contributed by atoms with E-state index in [2.05, 4.69) is 4.98 Å². The second kappa shape index (κ2) is 4.39. The third kappa shape index (κ3) is 1.85. The first-order chi connectivity index (χ1) is 9.16. The Hall–Kier alpha value is -1.93. The Morgan fingerprint density at radius 1 is 1.06 bits per heavy atom. The van der Waals surface area contributed by atoms with E-state index in [9.17, 15) is 4.39 Å². The first-order valence-electron chi connectivity index (χ1n) is 5.97. The van der Waals surface area contributed by atoms with E-state index in [0.29, 0.717) is 11.1 Å². The van der Waals surface area contributed by atoms with Gasteiger partial charge < -0.3 is 0 Å². The molecule has 3 heteroatoms. The molecule has 18 heavy (non-hydrogen) atoms. The van der Waals surface area contributed by atoms with Gasteiger partial charge in [0, 0.05) is 10.9 Å². The van der Waals surface area contributed by atoms with Crippen LogP contribution in [-0.4, -0.2) is 4.98 Å². The van der Waals surface area contributed by atoms with Crippen LogP contribution in [0.2, 0.25) is 5.02 Å². The summed E-state index contributed by atoms with van der Waals surface area (Å²) in [7, 11) is 0. The van der Waals surface area contributed by atoms with Gasteiger partial charge in [-0.1, -0.05) is 54.0 Å². The highest BCUT2D eigenvalue weighted by molar-refractivity contribution is 6.31. The van der Waals surface area contributed by atoms with E-state index >= 15 is 0 Å². The fourth-order valence-electron chi connectivity index (χ4n) is 1.82. The molecule has 0 radical (unpaired) electrons. The van der Waals surface area contributed by atoms with Crippen LogP contribution in [0.3, 0.4) is 0 Å². The molecule has 0 bridgehead atoms. The van der Waals surface area contributed by atoms with Crippen molar-refractivity contribution in [2.24, 2.45) is 0 Å². The monoisotopic (exact) mass is 258 g/mol. The fourth-order valence-corrected chi connectivity index (χ4v) is 1.97. The molecule has 1 aromatic heterocycles. The maximum absolute atomic E-state index is 14.0. The van der Waals surface area contributed by atoms with Crippen molar-refractivity contribution in [3.8, 4) is 11.3 Å². The first kappa shape index (κ1) is 10.0. The molecule has 0 amide bonds. The number of rotatable bonds is 1. The van der Waals surface area contributed by atoms with E-state index in [1.54, 1.807) is 12.1 Å². The van der Waals surface area contributed by atoms with Crippen molar-refractivity contribution in [1.82, 2.24) is 4.98 Å². The van der Waals surface area contributed by atoms with Gasteiger partial charge in [0.2, 0.25) is 0 Å². The van der Waals surface area contributed by atoms with Crippen molar-refractivity contribution in [1.29, 1.82) is 0 Å². The number of nitrogens with zero attached hydrogens (tertiary/aromatic N) is 1. The highest BCUT2D eigenvalue weighted by Crippen LogP contribution is 2.26. The minimum absolute atomic E-state index is 0.0182. The standard InChI is InChI=1S/C15H9ClFN/c16-12-8-6-11-7-9-13(18-15(11)14(12)17)10-4-2-1-3-5-10/h1-9H/i7D. The summed E-state index contributed by atoms with van der Waals surface area (Å²) in [6.45, 7) is 0. The smallest absolute Gasteiger partial charge is 0.167 e. The van der Waals surface area contributed by atoms with Crippen LogP contribution < -0.4 is 0 Å². The largest absolute Gasteiger partial charge is 0.245 e. The Labute approximate surface area is 110 Å². The maximum Gasteiger partial charge on any atom is 0.167 e. The Morgan fingerprint density at radius 2 is 1.83 bits per heavy atom. The Balaban J connectivity index is 2.32. The van der Waals surface area contributed by atoms with Crippen LogP contribution in [0.5, 0.6) is 0 Å². The molecule has 1 nitrogen and oxygen atoms in total. The third-order valence-corrected chi connectivity index (χ3v) is 3.03. The quantitative estimate of drug-likeness (QED) is 0.617. The molecule has 3 aromatic rings. The Morgan fingerprint density at radius 3 is 2.61 bits per heavy atom. The summed E-state index contributed by atoms with van der Waals surface area (Å²) >= 11 is 5.76. The summed E-state index contributed by atoms with van der Waals surface area (Å²) in [6, 6.07) is 14.3. The minimum Gasteiger partial charge on any atom is -0.245 e. The molecule has 0 aliphatic heterocycles. The van der Waals surface area contributed by atoms with Crippen molar-refractivity contribution in [3.63, 3.8) is 0 Å². The number of hydrogen-bond donors (Lipinski definition) is 0. The predicted octanol–water partition coefficient (Wildman–Crippen LogP) is 4.69. The number of fused-ring (bicyclic) bond motifs is 1. The summed E-state index contributed by atoms with van der Waals surface area (Å²) in [6.07, 6.45) is 0. The summed E-state index contributed by atoms with van der Waals surface area (Å²) < 4.78 is 22.0. The molecule has 0 saturated heterocycles. The molecule has 1 heterocycles. The topological polar surface area (TPSA) is 12.9 Å². The third-order valence-electron chi connectivity index (χ3n) is 2.74. The van der Waals surface area contributed by atoms with E-state index in [0.717, 1.165) is 5.56 Å². The molecular formula is C15H9ClFN. The molecular weight excluding hydrogens is 249 g/mol. The summed E-state index contributed by atoms with van der Waals surface area (Å²) in [4.78, 5) is 4.29. The zero-order valence-electron chi connectivity index (χ0n) is 10.3. The zero-order valence-corrected chi connectivity index (χ0v) is 10.1. The van der Waals surface area contributed by atoms with E-state index in [1.807, 2.05) is 30.3 Å². The number of aromatic nitrogens is 1. The van der Waals surface area contributed by atoms with Crippen LogP contribution in [0.1, 0.15) is 1.37 Å². The van der Waals surface area contributed by atoms with Gasteiger partial charge in [-0.15, -0.1) is 0 Å². The van der Waals surface area contributed by atoms with Gasteiger partial charge in [0.25, 0.3) is 0 Å². The summed E-state index contributed by atoms with van der Waals surface area (Å²) in [5.74, 6) is -0.578. The average molecular weight is 259 g/mol. The first-order valence-corrected chi connectivity index (χ1v) is 5.85. The van der Waals surface area contributed by atoms with Crippen LogP contribution >= 0.6 is 11.6 Å². The lowest BCUT2D eigenvalue weighted by atomic mass is 10.1. The molecule has 88 valence electrons. The van der Waals surface area contributed by atoms with E-state index in [-0.39, 0.29) is 16.6 Å². The number of benzene rings is 2. The number of pyridine rings is 1. The second-order valence-corrected chi connectivity index (χ2v) is 4.32. The van der Waals surface area contributed by atoms with Crippen LogP contribution in [0.15, 0.2) is 54.6 Å². The van der Waals surface area contributed by atoms with Crippen LogP contribution in [0, 0.1) is 5.82 Å². The molecule has 2 aromatic carbocycles. The van der Waals surface area contributed by atoms with Gasteiger partial charge in [-0.2, -0.15) is 0 Å². The molecule has 0 fully saturated rings. The van der Waals surface area contributed by atoms with Gasteiger partial charge in [-0.3, -0.25) is 0 Å². The Kier molecular flexibility index (Phi) is 2.45. The zero-order chi connectivity index (χ0) is 13.4. The molecule has 0 atom stereocenters. The number of halogens is 2. The highest BCUT2D eigenvalue weighted by atomic mass is 35.5. The van der Waals surface area contributed by atoms with Crippen molar-refractivity contribution in [2.75, 3.05) is 0 Å². The molecule has 0 N–H and O–H groups in total. The van der Waals surface area contributed by atoms with E-state index in [4.69, 9.17) is 13.0 Å². The van der Waals surface area contributed by atoms with Crippen molar-refractivity contribution >= 4 is 22.5 Å². The highest BCUT2D eigenvalue weighted by Gasteiger charge is 2.08. The molecule has 0 unspecified atom stereocenters. The minimum atomic E-state index is -0.578.